The van der Waals surface area contributed by atoms with Gasteiger partial charge in [-0.15, -0.1) is 0 Å². The molecule has 2 N–H and O–H groups in total. The molecule has 1 aromatic heterocycles. The summed E-state index contributed by atoms with van der Waals surface area (Å²) in [5, 5.41) is 0. The van der Waals surface area contributed by atoms with Crippen LogP contribution in [0.5, 0.6) is 0 Å². The standard InChI is InChI=1S/C17H24FN3/c1-5-6-15-20-16(17(19)21(15)10-11(2)3)14-9-13(18)8-7-12(14)4/h7-9,11H,5-6,10,19H2,1-4H3. The van der Waals surface area contributed by atoms with Crippen LogP contribution in [0.15, 0.2) is 18.2 Å². The first kappa shape index (κ1) is 15.5. The monoisotopic (exact) mass is 289 g/mol. The van der Waals surface area contributed by atoms with E-state index in [1.807, 2.05) is 6.92 Å². The fraction of sp³-hybridized carbons (Fsp3) is 0.471. The number of benzene rings is 1. The molecule has 0 aliphatic heterocycles. The summed E-state index contributed by atoms with van der Waals surface area (Å²) in [6, 6.07) is 4.75. The zero-order valence-electron chi connectivity index (χ0n) is 13.3. The quantitative estimate of drug-likeness (QED) is 0.897. The van der Waals surface area contributed by atoms with Crippen molar-refractivity contribution in [2.24, 2.45) is 5.92 Å². The molecule has 0 bridgehead atoms. The minimum Gasteiger partial charge on any atom is -0.383 e. The molecule has 114 valence electrons. The van der Waals surface area contributed by atoms with Crippen molar-refractivity contribution < 1.29 is 4.39 Å². The van der Waals surface area contributed by atoms with Crippen LogP contribution in [-0.4, -0.2) is 9.55 Å². The van der Waals surface area contributed by atoms with E-state index in [0.717, 1.165) is 36.3 Å². The maximum absolute atomic E-state index is 13.6. The summed E-state index contributed by atoms with van der Waals surface area (Å²) in [5.41, 5.74) is 8.79. The lowest BCUT2D eigenvalue weighted by Crippen LogP contribution is -2.11. The SMILES string of the molecule is CCCc1nc(-c2cc(F)ccc2C)c(N)n1CC(C)C. The van der Waals surface area contributed by atoms with Gasteiger partial charge in [-0.3, -0.25) is 0 Å². The van der Waals surface area contributed by atoms with Crippen molar-refractivity contribution in [3.05, 3.63) is 35.4 Å². The molecule has 0 saturated heterocycles. The van der Waals surface area contributed by atoms with Crippen LogP contribution >= 0.6 is 0 Å². The van der Waals surface area contributed by atoms with Gasteiger partial charge < -0.3 is 10.3 Å². The molecule has 2 rings (SSSR count). The minimum absolute atomic E-state index is 0.259. The maximum atomic E-state index is 13.6. The summed E-state index contributed by atoms with van der Waals surface area (Å²) in [4.78, 5) is 4.70. The summed E-state index contributed by atoms with van der Waals surface area (Å²) in [7, 11) is 0. The molecule has 21 heavy (non-hydrogen) atoms. The lowest BCUT2D eigenvalue weighted by Gasteiger charge is -2.12. The minimum atomic E-state index is -0.259. The Morgan fingerprint density at radius 2 is 2.05 bits per heavy atom. The average molecular weight is 289 g/mol. The van der Waals surface area contributed by atoms with Crippen molar-refractivity contribution in [1.29, 1.82) is 0 Å². The van der Waals surface area contributed by atoms with Gasteiger partial charge in [0.05, 0.1) is 0 Å². The van der Waals surface area contributed by atoms with Gasteiger partial charge in [0.15, 0.2) is 0 Å². The first-order valence-electron chi connectivity index (χ1n) is 7.55. The Morgan fingerprint density at radius 3 is 2.67 bits per heavy atom. The highest BCUT2D eigenvalue weighted by Crippen LogP contribution is 2.30. The van der Waals surface area contributed by atoms with Crippen molar-refractivity contribution in [3.8, 4) is 11.3 Å². The highest BCUT2D eigenvalue weighted by Gasteiger charge is 2.18. The van der Waals surface area contributed by atoms with E-state index >= 15 is 0 Å². The van der Waals surface area contributed by atoms with Crippen molar-refractivity contribution in [2.75, 3.05) is 5.73 Å². The fourth-order valence-electron chi connectivity index (χ4n) is 2.54. The van der Waals surface area contributed by atoms with E-state index in [2.05, 4.69) is 25.3 Å². The second kappa shape index (κ2) is 6.29. The first-order valence-corrected chi connectivity index (χ1v) is 7.55. The molecule has 2 aromatic rings. The number of rotatable bonds is 5. The molecule has 0 saturated carbocycles. The van der Waals surface area contributed by atoms with E-state index in [1.165, 1.54) is 12.1 Å². The van der Waals surface area contributed by atoms with Crippen LogP contribution in [0.2, 0.25) is 0 Å². The van der Waals surface area contributed by atoms with Gasteiger partial charge in [0, 0.05) is 18.5 Å². The first-order chi connectivity index (χ1) is 9.93. The molecule has 0 spiro atoms. The molecule has 0 aliphatic carbocycles. The Morgan fingerprint density at radius 1 is 1.33 bits per heavy atom. The molecule has 0 fully saturated rings. The molecule has 4 heteroatoms. The Hall–Kier alpha value is -1.84. The predicted octanol–water partition coefficient (Wildman–Crippen LogP) is 4.19. The number of hydrogen-bond donors (Lipinski definition) is 1. The second-order valence-corrected chi connectivity index (χ2v) is 5.98. The van der Waals surface area contributed by atoms with E-state index in [1.54, 1.807) is 6.07 Å². The Kier molecular flexibility index (Phi) is 4.66. The predicted molar refractivity (Wildman–Crippen MR) is 85.6 cm³/mol. The number of hydrogen-bond acceptors (Lipinski definition) is 2. The number of nitrogen functional groups attached to an aromatic ring is 1. The largest absolute Gasteiger partial charge is 0.383 e. The molecule has 1 heterocycles. The Balaban J connectivity index is 2.56. The molecule has 0 amide bonds. The fourth-order valence-corrected chi connectivity index (χ4v) is 2.54. The van der Waals surface area contributed by atoms with Crippen LogP contribution in [0.3, 0.4) is 0 Å². The number of nitrogens with two attached hydrogens (primary N) is 1. The van der Waals surface area contributed by atoms with Gasteiger partial charge in [-0.05, 0) is 37.0 Å². The van der Waals surface area contributed by atoms with Gasteiger partial charge in [-0.2, -0.15) is 0 Å². The molecule has 3 nitrogen and oxygen atoms in total. The molecule has 0 atom stereocenters. The van der Waals surface area contributed by atoms with E-state index < -0.39 is 0 Å². The highest BCUT2D eigenvalue weighted by atomic mass is 19.1. The topological polar surface area (TPSA) is 43.8 Å². The molecular weight excluding hydrogens is 265 g/mol. The Bertz CT molecular complexity index is 629. The van der Waals surface area contributed by atoms with Gasteiger partial charge in [0.2, 0.25) is 0 Å². The average Bonchev–Trinajstić information content (AvgIpc) is 2.70. The van der Waals surface area contributed by atoms with E-state index in [0.29, 0.717) is 17.4 Å². The molecule has 0 unspecified atom stereocenters. The number of halogens is 1. The van der Waals surface area contributed by atoms with Gasteiger partial charge in [-0.25, -0.2) is 9.37 Å². The molecule has 1 aromatic carbocycles. The van der Waals surface area contributed by atoms with Crippen LogP contribution in [0.25, 0.3) is 11.3 Å². The number of anilines is 1. The summed E-state index contributed by atoms with van der Waals surface area (Å²) in [6.45, 7) is 9.22. The normalized spacial score (nSPS) is 11.3. The maximum Gasteiger partial charge on any atom is 0.131 e. The summed E-state index contributed by atoms with van der Waals surface area (Å²) in [5.74, 6) is 1.85. The zero-order chi connectivity index (χ0) is 15.6. The van der Waals surface area contributed by atoms with Crippen molar-refractivity contribution in [3.63, 3.8) is 0 Å². The van der Waals surface area contributed by atoms with Gasteiger partial charge in [0.1, 0.15) is 23.2 Å². The lowest BCUT2D eigenvalue weighted by atomic mass is 10.1. The number of aryl methyl sites for hydroxylation is 2. The highest BCUT2D eigenvalue weighted by molar-refractivity contribution is 5.73. The van der Waals surface area contributed by atoms with Crippen LogP contribution < -0.4 is 5.73 Å². The van der Waals surface area contributed by atoms with Crippen LogP contribution in [0.1, 0.15) is 38.6 Å². The number of nitrogens with zero attached hydrogens (tertiary/aromatic N) is 2. The van der Waals surface area contributed by atoms with Crippen molar-refractivity contribution in [1.82, 2.24) is 9.55 Å². The van der Waals surface area contributed by atoms with Crippen LogP contribution in [-0.2, 0) is 13.0 Å². The zero-order valence-corrected chi connectivity index (χ0v) is 13.3. The summed E-state index contributed by atoms with van der Waals surface area (Å²) < 4.78 is 15.6. The van der Waals surface area contributed by atoms with Gasteiger partial charge >= 0.3 is 0 Å². The van der Waals surface area contributed by atoms with Crippen LogP contribution in [0.4, 0.5) is 10.2 Å². The van der Waals surface area contributed by atoms with Crippen LogP contribution in [0, 0.1) is 18.7 Å². The lowest BCUT2D eigenvalue weighted by molar-refractivity contribution is 0.510. The smallest absolute Gasteiger partial charge is 0.131 e. The van der Waals surface area contributed by atoms with Crippen molar-refractivity contribution >= 4 is 5.82 Å². The number of aromatic nitrogens is 2. The van der Waals surface area contributed by atoms with E-state index in [-0.39, 0.29) is 5.82 Å². The van der Waals surface area contributed by atoms with E-state index in [4.69, 9.17) is 10.7 Å². The van der Waals surface area contributed by atoms with Crippen molar-refractivity contribution in [2.45, 2.75) is 47.1 Å². The van der Waals surface area contributed by atoms with Gasteiger partial charge in [-0.1, -0.05) is 26.8 Å². The third kappa shape index (κ3) is 3.26. The second-order valence-electron chi connectivity index (χ2n) is 5.98. The third-order valence-electron chi connectivity index (χ3n) is 3.56. The number of imidazole rings is 1. The Labute approximate surface area is 126 Å². The third-order valence-corrected chi connectivity index (χ3v) is 3.56. The molecule has 0 radical (unpaired) electrons. The summed E-state index contributed by atoms with van der Waals surface area (Å²) in [6.07, 6.45) is 1.89. The van der Waals surface area contributed by atoms with Gasteiger partial charge in [0.25, 0.3) is 0 Å². The van der Waals surface area contributed by atoms with E-state index in [9.17, 15) is 4.39 Å². The molecule has 0 aliphatic rings. The molecular formula is C17H24FN3. The summed E-state index contributed by atoms with van der Waals surface area (Å²) >= 11 is 0.